The predicted molar refractivity (Wildman–Crippen MR) is 99.5 cm³/mol. The van der Waals surface area contributed by atoms with Crippen LogP contribution in [0.25, 0.3) is 0 Å². The van der Waals surface area contributed by atoms with Crippen molar-refractivity contribution >= 4 is 5.91 Å². The van der Waals surface area contributed by atoms with E-state index in [2.05, 4.69) is 0 Å². The maximum absolute atomic E-state index is 12.8. The van der Waals surface area contributed by atoms with Crippen molar-refractivity contribution in [1.82, 2.24) is 4.90 Å². The Balaban J connectivity index is 1.65. The number of piperidine rings is 1. The van der Waals surface area contributed by atoms with Crippen molar-refractivity contribution in [2.45, 2.75) is 32.4 Å². The number of nitrogens with zero attached hydrogens (tertiary/aromatic N) is 1. The van der Waals surface area contributed by atoms with Gasteiger partial charge in [0, 0.05) is 24.7 Å². The predicted octanol–water partition coefficient (Wildman–Crippen LogP) is 3.47. The van der Waals surface area contributed by atoms with Crippen LogP contribution in [-0.4, -0.2) is 29.9 Å². The zero-order valence-corrected chi connectivity index (χ0v) is 14.7. The molecule has 4 nitrogen and oxygen atoms in total. The number of ether oxygens (including phenoxy) is 1. The van der Waals surface area contributed by atoms with Crippen LogP contribution in [0.15, 0.2) is 54.6 Å². The molecule has 1 heterocycles. The van der Waals surface area contributed by atoms with Crippen molar-refractivity contribution in [2.24, 2.45) is 11.7 Å². The van der Waals surface area contributed by atoms with Crippen molar-refractivity contribution in [2.75, 3.05) is 13.1 Å². The molecule has 0 aromatic heterocycles. The van der Waals surface area contributed by atoms with E-state index in [0.717, 1.165) is 37.2 Å². The average Bonchev–Trinajstić information content (AvgIpc) is 2.67. The van der Waals surface area contributed by atoms with E-state index in [1.54, 1.807) is 0 Å². The number of carbonyl (C=O) groups excluding carboxylic acids is 1. The second kappa shape index (κ2) is 8.17. The fourth-order valence-corrected chi connectivity index (χ4v) is 3.27. The number of carbonyl (C=O) groups is 1. The highest BCUT2D eigenvalue weighted by atomic mass is 16.5. The summed E-state index contributed by atoms with van der Waals surface area (Å²) in [5.74, 6) is 1.17. The van der Waals surface area contributed by atoms with Crippen molar-refractivity contribution in [1.29, 1.82) is 0 Å². The van der Waals surface area contributed by atoms with E-state index in [4.69, 9.17) is 10.5 Å². The standard InChI is InChI=1S/C21H26N2O2/c1-16(22)19-10-6-12-23(14-19)21(24)18-9-5-11-20(13-18)25-15-17-7-3-2-4-8-17/h2-5,7-9,11,13,16,19H,6,10,12,14-15,22H2,1H3. The third kappa shape index (κ3) is 4.60. The summed E-state index contributed by atoms with van der Waals surface area (Å²) in [6, 6.07) is 17.6. The van der Waals surface area contributed by atoms with Gasteiger partial charge in [0.1, 0.15) is 12.4 Å². The Morgan fingerprint density at radius 3 is 2.80 bits per heavy atom. The minimum absolute atomic E-state index is 0.0653. The van der Waals surface area contributed by atoms with Crippen LogP contribution in [0.1, 0.15) is 35.7 Å². The molecule has 25 heavy (non-hydrogen) atoms. The lowest BCUT2D eigenvalue weighted by Crippen LogP contribution is -2.45. The van der Waals surface area contributed by atoms with E-state index in [-0.39, 0.29) is 11.9 Å². The molecule has 132 valence electrons. The Morgan fingerprint density at radius 2 is 2.04 bits per heavy atom. The summed E-state index contributed by atoms with van der Waals surface area (Å²) in [6.07, 6.45) is 2.11. The van der Waals surface area contributed by atoms with Gasteiger partial charge in [0.2, 0.25) is 0 Å². The summed E-state index contributed by atoms with van der Waals surface area (Å²) in [7, 11) is 0. The fourth-order valence-electron chi connectivity index (χ4n) is 3.27. The van der Waals surface area contributed by atoms with Crippen LogP contribution >= 0.6 is 0 Å². The molecule has 0 aliphatic carbocycles. The topological polar surface area (TPSA) is 55.6 Å². The first-order valence-electron chi connectivity index (χ1n) is 8.95. The molecule has 1 aliphatic rings. The Morgan fingerprint density at radius 1 is 1.24 bits per heavy atom. The maximum atomic E-state index is 12.8. The van der Waals surface area contributed by atoms with Gasteiger partial charge >= 0.3 is 0 Å². The van der Waals surface area contributed by atoms with E-state index < -0.39 is 0 Å². The van der Waals surface area contributed by atoms with E-state index in [1.165, 1.54) is 0 Å². The third-order valence-corrected chi connectivity index (χ3v) is 4.82. The van der Waals surface area contributed by atoms with Gasteiger partial charge in [-0.25, -0.2) is 0 Å². The number of hydrogen-bond acceptors (Lipinski definition) is 3. The molecule has 2 aromatic rings. The van der Waals surface area contributed by atoms with Crippen LogP contribution in [0.3, 0.4) is 0 Å². The van der Waals surface area contributed by atoms with Gasteiger partial charge in [-0.05, 0) is 49.4 Å². The molecule has 2 aromatic carbocycles. The molecule has 4 heteroatoms. The third-order valence-electron chi connectivity index (χ3n) is 4.82. The van der Waals surface area contributed by atoms with Crippen LogP contribution in [-0.2, 0) is 6.61 Å². The van der Waals surface area contributed by atoms with Gasteiger partial charge in [-0.3, -0.25) is 4.79 Å². The summed E-state index contributed by atoms with van der Waals surface area (Å²) in [4.78, 5) is 14.7. The average molecular weight is 338 g/mol. The Labute approximate surface area is 149 Å². The van der Waals surface area contributed by atoms with Crippen molar-refractivity contribution in [3.63, 3.8) is 0 Å². The minimum Gasteiger partial charge on any atom is -0.489 e. The Bertz CT molecular complexity index is 700. The van der Waals surface area contributed by atoms with Crippen LogP contribution in [0.5, 0.6) is 5.75 Å². The molecule has 0 spiro atoms. The van der Waals surface area contributed by atoms with Gasteiger partial charge in [-0.2, -0.15) is 0 Å². The van der Waals surface area contributed by atoms with Gasteiger partial charge in [-0.15, -0.1) is 0 Å². The first-order chi connectivity index (χ1) is 12.1. The first-order valence-corrected chi connectivity index (χ1v) is 8.95. The van der Waals surface area contributed by atoms with Crippen LogP contribution in [0.4, 0.5) is 0 Å². The molecular formula is C21H26N2O2. The fraction of sp³-hybridized carbons (Fsp3) is 0.381. The highest BCUT2D eigenvalue weighted by molar-refractivity contribution is 5.94. The quantitative estimate of drug-likeness (QED) is 0.908. The van der Waals surface area contributed by atoms with Gasteiger partial charge in [0.05, 0.1) is 0 Å². The summed E-state index contributed by atoms with van der Waals surface area (Å²) < 4.78 is 5.84. The Kier molecular flexibility index (Phi) is 5.71. The molecule has 1 saturated heterocycles. The minimum atomic E-state index is 0.0653. The molecule has 0 bridgehead atoms. The molecule has 2 N–H and O–H groups in total. The van der Waals surface area contributed by atoms with E-state index in [9.17, 15) is 4.79 Å². The lowest BCUT2D eigenvalue weighted by molar-refractivity contribution is 0.0660. The van der Waals surface area contributed by atoms with Crippen molar-refractivity contribution < 1.29 is 9.53 Å². The lowest BCUT2D eigenvalue weighted by atomic mass is 9.92. The molecule has 2 unspecified atom stereocenters. The molecule has 1 amide bonds. The number of rotatable bonds is 5. The van der Waals surface area contributed by atoms with Crippen molar-refractivity contribution in [3.05, 3.63) is 65.7 Å². The second-order valence-corrected chi connectivity index (χ2v) is 6.81. The van der Waals surface area contributed by atoms with Gasteiger partial charge in [-0.1, -0.05) is 36.4 Å². The largest absolute Gasteiger partial charge is 0.489 e. The van der Waals surface area contributed by atoms with Crippen LogP contribution in [0, 0.1) is 5.92 Å². The number of likely N-dealkylation sites (tertiary alicyclic amines) is 1. The molecule has 0 saturated carbocycles. The summed E-state index contributed by atoms with van der Waals surface area (Å²) in [5.41, 5.74) is 7.81. The van der Waals surface area contributed by atoms with Crippen LogP contribution < -0.4 is 10.5 Å². The number of amides is 1. The van der Waals surface area contributed by atoms with Gasteiger partial charge in [0.15, 0.2) is 0 Å². The van der Waals surface area contributed by atoms with E-state index >= 15 is 0 Å². The number of benzene rings is 2. The molecule has 3 rings (SSSR count). The maximum Gasteiger partial charge on any atom is 0.253 e. The van der Waals surface area contributed by atoms with Crippen molar-refractivity contribution in [3.8, 4) is 5.75 Å². The molecule has 1 aliphatic heterocycles. The number of nitrogens with two attached hydrogens (primary N) is 1. The monoisotopic (exact) mass is 338 g/mol. The van der Waals surface area contributed by atoms with E-state index in [1.807, 2.05) is 66.4 Å². The first kappa shape index (κ1) is 17.5. The van der Waals surface area contributed by atoms with Gasteiger partial charge in [0.25, 0.3) is 5.91 Å². The molecular weight excluding hydrogens is 312 g/mol. The Hall–Kier alpha value is -2.33. The highest BCUT2D eigenvalue weighted by Gasteiger charge is 2.26. The lowest BCUT2D eigenvalue weighted by Gasteiger charge is -2.34. The second-order valence-electron chi connectivity index (χ2n) is 6.81. The summed E-state index contributed by atoms with van der Waals surface area (Å²) in [6.45, 7) is 4.06. The van der Waals surface area contributed by atoms with E-state index in [0.29, 0.717) is 18.1 Å². The summed E-state index contributed by atoms with van der Waals surface area (Å²) >= 11 is 0. The smallest absolute Gasteiger partial charge is 0.253 e. The highest BCUT2D eigenvalue weighted by Crippen LogP contribution is 2.22. The molecule has 1 fully saturated rings. The zero-order chi connectivity index (χ0) is 17.6. The normalized spacial score (nSPS) is 18.6. The van der Waals surface area contributed by atoms with Gasteiger partial charge < -0.3 is 15.4 Å². The molecule has 0 radical (unpaired) electrons. The molecule has 2 atom stereocenters. The van der Waals surface area contributed by atoms with Crippen LogP contribution in [0.2, 0.25) is 0 Å². The summed E-state index contributed by atoms with van der Waals surface area (Å²) in [5, 5.41) is 0. The number of hydrogen-bond donors (Lipinski definition) is 1. The SMILES string of the molecule is CC(N)C1CCCN(C(=O)c2cccc(OCc3ccccc3)c2)C1. The zero-order valence-electron chi connectivity index (χ0n) is 14.7.